The van der Waals surface area contributed by atoms with Crippen molar-refractivity contribution < 1.29 is 9.13 Å². The van der Waals surface area contributed by atoms with Crippen LogP contribution in [0.3, 0.4) is 0 Å². The maximum absolute atomic E-state index is 13.0. The van der Waals surface area contributed by atoms with Crippen molar-refractivity contribution in [2.45, 2.75) is 43.7 Å². The van der Waals surface area contributed by atoms with Crippen LogP contribution in [-0.2, 0) is 12.8 Å². The molecule has 142 valence electrons. The molecular weight excluding hydrogens is 361 g/mol. The maximum Gasteiger partial charge on any atom is 0.191 e. The molecule has 3 aromatic rings. The summed E-state index contributed by atoms with van der Waals surface area (Å²) in [5.74, 6) is 2.56. The second kappa shape index (κ2) is 8.57. The van der Waals surface area contributed by atoms with Gasteiger partial charge in [-0.2, -0.15) is 0 Å². The van der Waals surface area contributed by atoms with E-state index >= 15 is 0 Å². The third-order valence-electron chi connectivity index (χ3n) is 4.37. The molecule has 1 atom stereocenters. The van der Waals surface area contributed by atoms with Crippen LogP contribution in [0.4, 0.5) is 4.39 Å². The van der Waals surface area contributed by atoms with E-state index in [1.807, 2.05) is 30.7 Å². The van der Waals surface area contributed by atoms with Gasteiger partial charge in [-0.05, 0) is 48.2 Å². The number of hydrogen-bond acceptors (Lipinski definition) is 4. The van der Waals surface area contributed by atoms with Crippen molar-refractivity contribution in [2.24, 2.45) is 7.05 Å². The Hall–Kier alpha value is -2.34. The summed E-state index contributed by atoms with van der Waals surface area (Å²) in [5, 5.41) is 9.37. The molecule has 4 nitrogen and oxygen atoms in total. The lowest BCUT2D eigenvalue weighted by atomic mass is 10.0. The zero-order chi connectivity index (χ0) is 19.4. The van der Waals surface area contributed by atoms with Gasteiger partial charge in [-0.3, -0.25) is 0 Å². The van der Waals surface area contributed by atoms with Crippen molar-refractivity contribution in [1.82, 2.24) is 14.8 Å². The fourth-order valence-corrected chi connectivity index (χ4v) is 3.60. The first-order chi connectivity index (χ1) is 12.9. The molecule has 0 spiro atoms. The lowest BCUT2D eigenvalue weighted by Gasteiger charge is -2.15. The Labute approximate surface area is 163 Å². The van der Waals surface area contributed by atoms with Crippen LogP contribution < -0.4 is 4.74 Å². The fraction of sp³-hybridized carbons (Fsp3) is 0.333. The second-order valence-electron chi connectivity index (χ2n) is 6.80. The highest BCUT2D eigenvalue weighted by molar-refractivity contribution is 7.98. The van der Waals surface area contributed by atoms with E-state index in [1.54, 1.807) is 23.9 Å². The van der Waals surface area contributed by atoms with E-state index < -0.39 is 0 Å². The van der Waals surface area contributed by atoms with E-state index in [-0.39, 0.29) is 11.9 Å². The highest BCUT2D eigenvalue weighted by Crippen LogP contribution is 2.26. The van der Waals surface area contributed by atoms with Crippen LogP contribution in [0.5, 0.6) is 5.75 Å². The highest BCUT2D eigenvalue weighted by atomic mass is 32.2. The third-order valence-corrected chi connectivity index (χ3v) is 5.46. The first-order valence-electron chi connectivity index (χ1n) is 8.97. The molecule has 0 saturated carbocycles. The van der Waals surface area contributed by atoms with Crippen LogP contribution >= 0.6 is 11.8 Å². The van der Waals surface area contributed by atoms with Crippen molar-refractivity contribution in [3.8, 4) is 5.75 Å². The van der Waals surface area contributed by atoms with Gasteiger partial charge in [0.15, 0.2) is 17.1 Å². The quantitative estimate of drug-likeness (QED) is 0.503. The average Bonchev–Trinajstić information content (AvgIpc) is 3.02. The van der Waals surface area contributed by atoms with Crippen molar-refractivity contribution in [3.05, 3.63) is 71.3 Å². The maximum atomic E-state index is 13.0. The van der Waals surface area contributed by atoms with Gasteiger partial charge >= 0.3 is 0 Å². The average molecular weight is 386 g/mol. The van der Waals surface area contributed by atoms with Gasteiger partial charge in [-0.25, -0.2) is 4.39 Å². The molecule has 1 unspecified atom stereocenters. The van der Waals surface area contributed by atoms with Gasteiger partial charge in [0.05, 0.1) is 0 Å². The minimum absolute atomic E-state index is 0.215. The summed E-state index contributed by atoms with van der Waals surface area (Å²) in [5.41, 5.74) is 2.33. The van der Waals surface area contributed by atoms with Crippen LogP contribution in [0.15, 0.2) is 53.7 Å². The first kappa shape index (κ1) is 19.4. The predicted octanol–water partition coefficient (Wildman–Crippen LogP) is 5.51. The smallest absolute Gasteiger partial charge is 0.191 e. The van der Waals surface area contributed by atoms with Crippen molar-refractivity contribution in [1.29, 1.82) is 0 Å². The van der Waals surface area contributed by atoms with Gasteiger partial charge in [0.1, 0.15) is 11.6 Å². The first-order valence-corrected chi connectivity index (χ1v) is 9.95. The van der Waals surface area contributed by atoms with Gasteiger partial charge in [-0.1, -0.05) is 49.9 Å². The Bertz CT molecular complexity index is 875. The molecule has 0 bridgehead atoms. The molecule has 0 saturated heterocycles. The standard InChI is InChI=1S/C21H24FN3OS/c1-14(2)17-7-11-19(12-8-17)26-15(3)20-23-24-21(25(20)4)27-13-16-5-9-18(22)10-6-16/h5-12,14-15H,13H2,1-4H3. The number of nitrogens with zero attached hydrogens (tertiary/aromatic N) is 3. The predicted molar refractivity (Wildman–Crippen MR) is 107 cm³/mol. The largest absolute Gasteiger partial charge is 0.483 e. The van der Waals surface area contributed by atoms with Crippen LogP contribution in [0.1, 0.15) is 49.7 Å². The Kier molecular flexibility index (Phi) is 6.16. The van der Waals surface area contributed by atoms with Crippen LogP contribution in [-0.4, -0.2) is 14.8 Å². The lowest BCUT2D eigenvalue weighted by Crippen LogP contribution is -2.10. The molecule has 1 aromatic heterocycles. The van der Waals surface area contributed by atoms with Gasteiger partial charge in [-0.15, -0.1) is 10.2 Å². The molecule has 2 aromatic carbocycles. The second-order valence-corrected chi connectivity index (χ2v) is 7.74. The molecule has 6 heteroatoms. The fourth-order valence-electron chi connectivity index (χ4n) is 2.72. The minimum Gasteiger partial charge on any atom is -0.483 e. The number of ether oxygens (including phenoxy) is 1. The van der Waals surface area contributed by atoms with Crippen LogP contribution in [0, 0.1) is 5.82 Å². The molecular formula is C21H24FN3OS. The summed E-state index contributed by atoms with van der Waals surface area (Å²) >= 11 is 1.57. The van der Waals surface area contributed by atoms with Crippen LogP contribution in [0.25, 0.3) is 0 Å². The molecule has 1 heterocycles. The normalized spacial score (nSPS) is 12.4. The Morgan fingerprint density at radius 3 is 2.30 bits per heavy atom. The Morgan fingerprint density at radius 1 is 1.00 bits per heavy atom. The van der Waals surface area contributed by atoms with Gasteiger partial charge in [0.2, 0.25) is 0 Å². The Balaban J connectivity index is 1.63. The summed E-state index contributed by atoms with van der Waals surface area (Å²) in [4.78, 5) is 0. The summed E-state index contributed by atoms with van der Waals surface area (Å²) in [6, 6.07) is 14.7. The molecule has 0 aliphatic carbocycles. The van der Waals surface area contributed by atoms with Gasteiger partial charge < -0.3 is 9.30 Å². The number of rotatable bonds is 7. The number of aromatic nitrogens is 3. The third kappa shape index (κ3) is 4.89. The topological polar surface area (TPSA) is 39.9 Å². The minimum atomic E-state index is -0.225. The number of thioether (sulfide) groups is 1. The lowest BCUT2D eigenvalue weighted by molar-refractivity contribution is 0.211. The Morgan fingerprint density at radius 2 is 1.67 bits per heavy atom. The van der Waals surface area contributed by atoms with E-state index in [2.05, 4.69) is 36.2 Å². The molecule has 0 amide bonds. The molecule has 0 radical (unpaired) electrons. The van der Waals surface area contributed by atoms with E-state index in [4.69, 9.17) is 4.74 Å². The number of benzene rings is 2. The van der Waals surface area contributed by atoms with Gasteiger partial charge in [0.25, 0.3) is 0 Å². The molecule has 0 aliphatic heterocycles. The summed E-state index contributed by atoms with van der Waals surface area (Å²) in [6.07, 6.45) is -0.215. The monoisotopic (exact) mass is 385 g/mol. The SMILES string of the molecule is CC(C)c1ccc(OC(C)c2nnc(SCc3ccc(F)cc3)n2C)cc1. The zero-order valence-electron chi connectivity index (χ0n) is 16.0. The summed E-state index contributed by atoms with van der Waals surface area (Å²) < 4.78 is 21.0. The van der Waals surface area contributed by atoms with Crippen molar-refractivity contribution in [2.75, 3.05) is 0 Å². The van der Waals surface area contributed by atoms with E-state index in [9.17, 15) is 4.39 Å². The van der Waals surface area contributed by atoms with Crippen LogP contribution in [0.2, 0.25) is 0 Å². The van der Waals surface area contributed by atoms with E-state index in [1.165, 1.54) is 17.7 Å². The summed E-state index contributed by atoms with van der Waals surface area (Å²) in [6.45, 7) is 6.31. The van der Waals surface area contributed by atoms with E-state index in [0.29, 0.717) is 11.7 Å². The van der Waals surface area contributed by atoms with Crippen molar-refractivity contribution in [3.63, 3.8) is 0 Å². The molecule has 3 rings (SSSR count). The number of hydrogen-bond donors (Lipinski definition) is 0. The molecule has 0 fully saturated rings. The molecule has 0 aliphatic rings. The zero-order valence-corrected chi connectivity index (χ0v) is 16.8. The summed E-state index contributed by atoms with van der Waals surface area (Å²) in [7, 11) is 1.93. The number of halogens is 1. The highest BCUT2D eigenvalue weighted by Gasteiger charge is 2.17. The van der Waals surface area contributed by atoms with Crippen molar-refractivity contribution >= 4 is 11.8 Å². The van der Waals surface area contributed by atoms with Gasteiger partial charge in [0, 0.05) is 12.8 Å². The molecule has 0 N–H and O–H groups in total. The van der Waals surface area contributed by atoms with E-state index in [0.717, 1.165) is 22.3 Å². The molecule has 27 heavy (non-hydrogen) atoms.